The van der Waals surface area contributed by atoms with Crippen LogP contribution in [0.5, 0.6) is 0 Å². The fourth-order valence-electron chi connectivity index (χ4n) is 1.16. The van der Waals surface area contributed by atoms with E-state index in [2.05, 4.69) is 6.20 Å². The van der Waals surface area contributed by atoms with Crippen molar-refractivity contribution in [3.63, 3.8) is 0 Å². The summed E-state index contributed by atoms with van der Waals surface area (Å²) in [6.07, 6.45) is 3.87. The van der Waals surface area contributed by atoms with E-state index in [0.29, 0.717) is 0 Å². The molecule has 1 heterocycles. The van der Waals surface area contributed by atoms with Gasteiger partial charge in [-0.1, -0.05) is 29.8 Å². The van der Waals surface area contributed by atoms with Crippen molar-refractivity contribution in [1.29, 1.82) is 0 Å². The van der Waals surface area contributed by atoms with Gasteiger partial charge in [0.15, 0.2) is 0 Å². The van der Waals surface area contributed by atoms with Crippen LogP contribution >= 0.6 is 11.6 Å². The molecule has 2 aromatic rings. The van der Waals surface area contributed by atoms with Gasteiger partial charge in [0.05, 0.1) is 9.92 Å². The second-order valence-electron chi connectivity index (χ2n) is 2.89. The van der Waals surface area contributed by atoms with Gasteiger partial charge in [-0.2, -0.15) is 0 Å². The van der Waals surface area contributed by atoms with Gasteiger partial charge in [-0.15, -0.1) is 0 Å². The fraction of sp³-hybridized carbons (Fsp3) is 0. The van der Waals surface area contributed by atoms with Gasteiger partial charge in [-0.05, 0) is 18.2 Å². The molecule has 1 aromatic heterocycles. The lowest BCUT2D eigenvalue weighted by Crippen LogP contribution is -2.10. The molecule has 0 aliphatic carbocycles. The zero-order chi connectivity index (χ0) is 10.9. The molecule has 0 atom stereocenters. The van der Waals surface area contributed by atoms with Gasteiger partial charge in [0.25, 0.3) is 10.0 Å². The van der Waals surface area contributed by atoms with Gasteiger partial charge in [0.1, 0.15) is 6.20 Å². The van der Waals surface area contributed by atoms with Crippen LogP contribution in [0.4, 0.5) is 0 Å². The average molecular weight is 241 g/mol. The Morgan fingerprint density at radius 2 is 1.80 bits per heavy atom. The Bertz CT molecular complexity index is 560. The van der Waals surface area contributed by atoms with E-state index in [9.17, 15) is 8.42 Å². The molecule has 15 heavy (non-hydrogen) atoms. The molecule has 0 N–H and O–H groups in total. The van der Waals surface area contributed by atoms with Crippen LogP contribution < -0.4 is 0 Å². The minimum atomic E-state index is -3.54. The van der Waals surface area contributed by atoms with Gasteiger partial charge in [0, 0.05) is 6.20 Å². The molecular weight excluding hydrogens is 234 g/mol. The Labute approximate surface area is 93.0 Å². The molecular formula is C10H7ClNO2S. The molecule has 77 valence electrons. The summed E-state index contributed by atoms with van der Waals surface area (Å²) in [5.41, 5.74) is 0. The number of rotatable bonds is 2. The molecule has 0 aliphatic rings. The van der Waals surface area contributed by atoms with E-state index >= 15 is 0 Å². The van der Waals surface area contributed by atoms with Crippen molar-refractivity contribution in [2.45, 2.75) is 4.90 Å². The van der Waals surface area contributed by atoms with Crippen molar-refractivity contribution in [3.8, 4) is 0 Å². The van der Waals surface area contributed by atoms with Gasteiger partial charge in [0.2, 0.25) is 0 Å². The summed E-state index contributed by atoms with van der Waals surface area (Å²) in [6.45, 7) is 0. The zero-order valence-electron chi connectivity index (χ0n) is 7.59. The van der Waals surface area contributed by atoms with Gasteiger partial charge >= 0.3 is 0 Å². The van der Waals surface area contributed by atoms with Crippen molar-refractivity contribution in [2.75, 3.05) is 0 Å². The third-order valence-corrected chi connectivity index (χ3v) is 3.68. The first-order valence-electron chi connectivity index (χ1n) is 4.17. The third kappa shape index (κ3) is 1.91. The number of hydrogen-bond donors (Lipinski definition) is 0. The molecule has 2 rings (SSSR count). The van der Waals surface area contributed by atoms with E-state index in [-0.39, 0.29) is 9.92 Å². The Morgan fingerprint density at radius 3 is 2.33 bits per heavy atom. The highest BCUT2D eigenvalue weighted by atomic mass is 35.5. The van der Waals surface area contributed by atoms with Crippen molar-refractivity contribution in [3.05, 3.63) is 53.8 Å². The summed E-state index contributed by atoms with van der Waals surface area (Å²) in [4.78, 5) is 0.216. The quantitative estimate of drug-likeness (QED) is 0.807. The molecule has 3 nitrogen and oxygen atoms in total. The van der Waals surface area contributed by atoms with Crippen molar-refractivity contribution in [1.82, 2.24) is 3.97 Å². The Morgan fingerprint density at radius 1 is 1.13 bits per heavy atom. The molecule has 0 amide bonds. The molecule has 0 fully saturated rings. The highest BCUT2D eigenvalue weighted by Crippen LogP contribution is 2.16. The van der Waals surface area contributed by atoms with Crippen molar-refractivity contribution < 1.29 is 8.42 Å². The van der Waals surface area contributed by atoms with Crippen LogP contribution in [-0.4, -0.2) is 12.4 Å². The normalized spacial score (nSPS) is 11.5. The smallest absolute Gasteiger partial charge is 0.238 e. The molecule has 5 heteroatoms. The SMILES string of the molecule is O=S(=O)(c1ccccc1)n1[c]c(Cl)cc1. The van der Waals surface area contributed by atoms with Crippen LogP contribution in [0, 0.1) is 6.20 Å². The van der Waals surface area contributed by atoms with Gasteiger partial charge < -0.3 is 0 Å². The number of benzene rings is 1. The van der Waals surface area contributed by atoms with Gasteiger partial charge in [-0.25, -0.2) is 12.4 Å². The Hall–Kier alpha value is -1.26. The standard InChI is InChI=1S/C10H7ClNO2S/c11-9-6-7-12(8-9)15(13,14)10-4-2-1-3-5-10/h1-7H. The van der Waals surface area contributed by atoms with Crippen LogP contribution in [0.2, 0.25) is 5.02 Å². The predicted octanol–water partition coefficient (Wildman–Crippen LogP) is 2.18. The second-order valence-corrected chi connectivity index (χ2v) is 5.11. The first kappa shape index (κ1) is 10.3. The second kappa shape index (κ2) is 3.72. The molecule has 0 spiro atoms. The lowest BCUT2D eigenvalue weighted by atomic mass is 10.4. The summed E-state index contributed by atoms with van der Waals surface area (Å²) in [5, 5.41) is 0.273. The molecule has 1 aromatic carbocycles. The Balaban J connectivity index is 2.54. The largest absolute Gasteiger partial charge is 0.268 e. The Kier molecular flexibility index (Phi) is 2.54. The number of nitrogens with zero attached hydrogens (tertiary/aromatic N) is 1. The van der Waals surface area contributed by atoms with E-state index in [0.717, 1.165) is 3.97 Å². The van der Waals surface area contributed by atoms with Crippen LogP contribution in [0.3, 0.4) is 0 Å². The maximum atomic E-state index is 11.9. The summed E-state index contributed by atoms with van der Waals surface area (Å²) < 4.78 is 24.8. The molecule has 1 radical (unpaired) electrons. The first-order valence-corrected chi connectivity index (χ1v) is 5.99. The minimum Gasteiger partial charge on any atom is -0.238 e. The van der Waals surface area contributed by atoms with Crippen LogP contribution in [0.25, 0.3) is 0 Å². The lowest BCUT2D eigenvalue weighted by molar-refractivity contribution is 0.587. The lowest BCUT2D eigenvalue weighted by Gasteiger charge is -2.03. The molecule has 0 saturated carbocycles. The molecule has 0 unspecified atom stereocenters. The first-order chi connectivity index (χ1) is 7.10. The van der Waals surface area contributed by atoms with Crippen LogP contribution in [0.15, 0.2) is 47.5 Å². The highest BCUT2D eigenvalue weighted by Gasteiger charge is 2.15. The number of aromatic nitrogens is 1. The van der Waals surface area contributed by atoms with E-state index in [1.54, 1.807) is 18.2 Å². The summed E-state index contributed by atoms with van der Waals surface area (Å²) in [6, 6.07) is 9.61. The number of hydrogen-bond acceptors (Lipinski definition) is 2. The molecule has 0 aliphatic heterocycles. The molecule has 0 bridgehead atoms. The fourth-order valence-corrected chi connectivity index (χ4v) is 2.52. The van der Waals surface area contributed by atoms with Gasteiger partial charge in [-0.3, -0.25) is 0 Å². The van der Waals surface area contributed by atoms with Crippen molar-refractivity contribution in [2.24, 2.45) is 0 Å². The average Bonchev–Trinajstić information content (AvgIpc) is 2.67. The highest BCUT2D eigenvalue weighted by molar-refractivity contribution is 7.90. The monoisotopic (exact) mass is 240 g/mol. The number of halogens is 1. The topological polar surface area (TPSA) is 39.1 Å². The van der Waals surface area contributed by atoms with E-state index in [1.807, 2.05) is 0 Å². The van der Waals surface area contributed by atoms with Crippen LogP contribution in [-0.2, 0) is 10.0 Å². The summed E-state index contributed by atoms with van der Waals surface area (Å²) in [7, 11) is -3.54. The van der Waals surface area contributed by atoms with Crippen LogP contribution in [0.1, 0.15) is 0 Å². The summed E-state index contributed by atoms with van der Waals surface area (Å²) in [5.74, 6) is 0. The maximum absolute atomic E-state index is 11.9. The maximum Gasteiger partial charge on any atom is 0.268 e. The van der Waals surface area contributed by atoms with Crippen molar-refractivity contribution >= 4 is 21.6 Å². The van der Waals surface area contributed by atoms with E-state index in [1.165, 1.54) is 24.4 Å². The third-order valence-electron chi connectivity index (χ3n) is 1.87. The van der Waals surface area contributed by atoms with E-state index < -0.39 is 10.0 Å². The zero-order valence-corrected chi connectivity index (χ0v) is 9.16. The summed E-state index contributed by atoms with van der Waals surface area (Å²) >= 11 is 5.61. The van der Waals surface area contributed by atoms with E-state index in [4.69, 9.17) is 11.6 Å². The predicted molar refractivity (Wildman–Crippen MR) is 57.3 cm³/mol. The molecule has 0 saturated heterocycles. The minimum absolute atomic E-state index is 0.216.